The number of hydrogen-bond donors (Lipinski definition) is 1. The summed E-state index contributed by atoms with van der Waals surface area (Å²) in [4.78, 5) is 22.6. The van der Waals surface area contributed by atoms with Gasteiger partial charge in [-0.3, -0.25) is 14.8 Å². The van der Waals surface area contributed by atoms with Gasteiger partial charge in [-0.25, -0.2) is 0 Å². The maximum atomic E-state index is 12.2. The zero-order valence-electron chi connectivity index (χ0n) is 12.2. The molecule has 0 aromatic carbocycles. The number of aromatic nitrogens is 2. The molecular formula is C16H18N4O2. The number of amides is 1. The van der Waals surface area contributed by atoms with Crippen molar-refractivity contribution in [2.75, 3.05) is 31.2 Å². The molecule has 6 heteroatoms. The van der Waals surface area contributed by atoms with Gasteiger partial charge in [0, 0.05) is 43.9 Å². The molecule has 1 amide bonds. The summed E-state index contributed by atoms with van der Waals surface area (Å²) < 4.78 is 5.34. The molecule has 1 fully saturated rings. The molecule has 0 spiro atoms. The maximum Gasteiger partial charge on any atom is 0.270 e. The summed E-state index contributed by atoms with van der Waals surface area (Å²) >= 11 is 0. The number of ether oxygens (including phenoxy) is 1. The Balaban J connectivity index is 1.64. The first kappa shape index (κ1) is 14.5. The van der Waals surface area contributed by atoms with Crippen molar-refractivity contribution in [1.29, 1.82) is 0 Å². The minimum Gasteiger partial charge on any atom is -0.378 e. The lowest BCUT2D eigenvalue weighted by molar-refractivity contribution is 0.0946. The summed E-state index contributed by atoms with van der Waals surface area (Å²) in [6.07, 6.45) is 5.11. The van der Waals surface area contributed by atoms with Crippen LogP contribution in [-0.4, -0.2) is 42.2 Å². The molecule has 0 unspecified atom stereocenters. The molecule has 0 saturated carbocycles. The van der Waals surface area contributed by atoms with E-state index in [1.807, 2.05) is 24.3 Å². The molecule has 1 N–H and O–H groups in total. The molecule has 2 aromatic heterocycles. The molecule has 1 aliphatic rings. The minimum atomic E-state index is -0.182. The third-order valence-electron chi connectivity index (χ3n) is 3.53. The number of pyridine rings is 2. The van der Waals surface area contributed by atoms with Crippen LogP contribution in [0, 0.1) is 0 Å². The molecule has 114 valence electrons. The van der Waals surface area contributed by atoms with Crippen LogP contribution in [0.25, 0.3) is 0 Å². The molecule has 0 atom stereocenters. The summed E-state index contributed by atoms with van der Waals surface area (Å²) in [6, 6.07) is 7.51. The van der Waals surface area contributed by atoms with Gasteiger partial charge in [-0.05, 0) is 23.8 Å². The lowest BCUT2D eigenvalue weighted by Gasteiger charge is -2.28. The molecule has 1 saturated heterocycles. The van der Waals surface area contributed by atoms with E-state index >= 15 is 0 Å². The second-order valence-corrected chi connectivity index (χ2v) is 5.04. The monoisotopic (exact) mass is 298 g/mol. The lowest BCUT2D eigenvalue weighted by Crippen LogP contribution is -2.36. The number of morpholine rings is 1. The van der Waals surface area contributed by atoms with Crippen molar-refractivity contribution < 1.29 is 9.53 Å². The molecule has 22 heavy (non-hydrogen) atoms. The van der Waals surface area contributed by atoms with Gasteiger partial charge in [0.15, 0.2) is 0 Å². The molecule has 1 aliphatic heterocycles. The topological polar surface area (TPSA) is 67.4 Å². The Hall–Kier alpha value is -2.47. The van der Waals surface area contributed by atoms with Crippen molar-refractivity contribution in [1.82, 2.24) is 15.3 Å². The zero-order chi connectivity index (χ0) is 15.2. The van der Waals surface area contributed by atoms with E-state index in [0.29, 0.717) is 25.5 Å². The van der Waals surface area contributed by atoms with Gasteiger partial charge in [-0.15, -0.1) is 0 Å². The van der Waals surface area contributed by atoms with E-state index in [4.69, 9.17) is 4.74 Å². The van der Waals surface area contributed by atoms with E-state index in [1.165, 1.54) is 0 Å². The Bertz CT molecular complexity index is 627. The Labute approximate surface area is 129 Å². The normalized spacial score (nSPS) is 14.6. The highest BCUT2D eigenvalue weighted by Crippen LogP contribution is 2.16. The van der Waals surface area contributed by atoms with Crippen LogP contribution in [0.2, 0.25) is 0 Å². The summed E-state index contributed by atoms with van der Waals surface area (Å²) in [5.74, 6) is -0.182. The second kappa shape index (κ2) is 7.00. The van der Waals surface area contributed by atoms with Gasteiger partial charge in [0.05, 0.1) is 13.2 Å². The molecule has 6 nitrogen and oxygen atoms in total. The molecule has 3 rings (SSSR count). The summed E-state index contributed by atoms with van der Waals surface area (Å²) in [5, 5.41) is 2.86. The van der Waals surface area contributed by atoms with Crippen molar-refractivity contribution in [2.45, 2.75) is 6.54 Å². The number of carbonyl (C=O) groups is 1. The molecule has 2 aromatic rings. The van der Waals surface area contributed by atoms with Crippen LogP contribution in [0.1, 0.15) is 16.1 Å². The van der Waals surface area contributed by atoms with E-state index in [0.717, 1.165) is 24.3 Å². The average molecular weight is 298 g/mol. The second-order valence-electron chi connectivity index (χ2n) is 5.04. The quantitative estimate of drug-likeness (QED) is 0.920. The Morgan fingerprint density at radius 1 is 1.27 bits per heavy atom. The van der Waals surface area contributed by atoms with Crippen molar-refractivity contribution in [3.63, 3.8) is 0 Å². The van der Waals surface area contributed by atoms with Gasteiger partial charge >= 0.3 is 0 Å². The highest BCUT2D eigenvalue weighted by atomic mass is 16.5. The smallest absolute Gasteiger partial charge is 0.270 e. The van der Waals surface area contributed by atoms with Gasteiger partial charge in [0.2, 0.25) is 0 Å². The molecule has 3 heterocycles. The average Bonchev–Trinajstić information content (AvgIpc) is 2.61. The number of nitrogens with zero attached hydrogens (tertiary/aromatic N) is 3. The lowest BCUT2D eigenvalue weighted by atomic mass is 10.2. The van der Waals surface area contributed by atoms with Gasteiger partial charge < -0.3 is 15.0 Å². The summed E-state index contributed by atoms with van der Waals surface area (Å²) in [5.41, 5.74) is 2.39. The predicted octanol–water partition coefficient (Wildman–Crippen LogP) is 1.24. The van der Waals surface area contributed by atoms with Gasteiger partial charge in [-0.2, -0.15) is 0 Å². The molecular weight excluding hydrogens is 280 g/mol. The highest BCUT2D eigenvalue weighted by molar-refractivity contribution is 5.93. The number of carbonyl (C=O) groups excluding carboxylic acids is 1. The van der Waals surface area contributed by atoms with Crippen molar-refractivity contribution in [3.05, 3.63) is 54.1 Å². The van der Waals surface area contributed by atoms with Crippen LogP contribution in [0.15, 0.2) is 42.9 Å². The first-order chi connectivity index (χ1) is 10.8. The summed E-state index contributed by atoms with van der Waals surface area (Å²) in [7, 11) is 0. The van der Waals surface area contributed by atoms with Crippen LogP contribution >= 0.6 is 0 Å². The van der Waals surface area contributed by atoms with E-state index in [1.54, 1.807) is 18.6 Å². The van der Waals surface area contributed by atoms with E-state index in [9.17, 15) is 4.79 Å². The molecule has 0 aliphatic carbocycles. The Morgan fingerprint density at radius 2 is 2.14 bits per heavy atom. The molecule has 0 bridgehead atoms. The number of anilines is 1. The van der Waals surface area contributed by atoms with Crippen LogP contribution in [-0.2, 0) is 11.3 Å². The first-order valence-corrected chi connectivity index (χ1v) is 7.29. The van der Waals surface area contributed by atoms with Gasteiger partial charge in [-0.1, -0.05) is 6.07 Å². The van der Waals surface area contributed by atoms with Gasteiger partial charge in [0.25, 0.3) is 5.91 Å². The zero-order valence-corrected chi connectivity index (χ0v) is 12.2. The third-order valence-corrected chi connectivity index (χ3v) is 3.53. The minimum absolute atomic E-state index is 0.182. The van der Waals surface area contributed by atoms with Gasteiger partial charge in [0.1, 0.15) is 5.69 Å². The van der Waals surface area contributed by atoms with Crippen LogP contribution < -0.4 is 10.2 Å². The van der Waals surface area contributed by atoms with Crippen LogP contribution in [0.3, 0.4) is 0 Å². The Kier molecular flexibility index (Phi) is 4.60. The number of rotatable bonds is 4. The van der Waals surface area contributed by atoms with Crippen LogP contribution in [0.4, 0.5) is 5.69 Å². The van der Waals surface area contributed by atoms with E-state index in [2.05, 4.69) is 20.2 Å². The standard InChI is InChI=1S/C16H18N4O2/c21-16(19-12-13-2-1-4-17-11-13)15-10-14(3-5-18-15)20-6-8-22-9-7-20/h1-5,10-11H,6-9,12H2,(H,19,21). The largest absolute Gasteiger partial charge is 0.378 e. The Morgan fingerprint density at radius 3 is 2.91 bits per heavy atom. The highest BCUT2D eigenvalue weighted by Gasteiger charge is 2.14. The first-order valence-electron chi connectivity index (χ1n) is 7.29. The number of hydrogen-bond acceptors (Lipinski definition) is 5. The SMILES string of the molecule is O=C(NCc1cccnc1)c1cc(N2CCOCC2)ccn1. The van der Waals surface area contributed by atoms with Crippen LogP contribution in [0.5, 0.6) is 0 Å². The molecule has 0 radical (unpaired) electrons. The van der Waals surface area contributed by atoms with E-state index in [-0.39, 0.29) is 5.91 Å². The third kappa shape index (κ3) is 3.59. The van der Waals surface area contributed by atoms with Crippen molar-refractivity contribution in [2.24, 2.45) is 0 Å². The fourth-order valence-corrected chi connectivity index (χ4v) is 2.34. The predicted molar refractivity (Wildman–Crippen MR) is 82.7 cm³/mol. The summed E-state index contributed by atoms with van der Waals surface area (Å²) in [6.45, 7) is 3.54. The maximum absolute atomic E-state index is 12.2. The number of nitrogens with one attached hydrogen (secondary N) is 1. The van der Waals surface area contributed by atoms with E-state index < -0.39 is 0 Å². The fourth-order valence-electron chi connectivity index (χ4n) is 2.34. The van der Waals surface area contributed by atoms with Crippen molar-refractivity contribution in [3.8, 4) is 0 Å². The van der Waals surface area contributed by atoms with Crippen molar-refractivity contribution >= 4 is 11.6 Å². The fraction of sp³-hybridized carbons (Fsp3) is 0.312.